The molecule has 0 saturated heterocycles. The Morgan fingerprint density at radius 2 is 1.70 bits per heavy atom. The smallest absolute Gasteiger partial charge is 0.262 e. The summed E-state index contributed by atoms with van der Waals surface area (Å²) in [6.07, 6.45) is 3.93. The Morgan fingerprint density at radius 1 is 0.967 bits per heavy atom. The van der Waals surface area contributed by atoms with Crippen molar-refractivity contribution in [3.05, 3.63) is 77.6 Å². The van der Waals surface area contributed by atoms with Gasteiger partial charge in [0, 0.05) is 23.6 Å². The van der Waals surface area contributed by atoms with Gasteiger partial charge in [0.15, 0.2) is 0 Å². The van der Waals surface area contributed by atoms with E-state index in [-0.39, 0.29) is 4.90 Å². The third-order valence-corrected chi connectivity index (χ3v) is 6.55. The summed E-state index contributed by atoms with van der Waals surface area (Å²) >= 11 is 0. The maximum absolute atomic E-state index is 12.9. The van der Waals surface area contributed by atoms with Crippen molar-refractivity contribution in [2.24, 2.45) is 0 Å². The summed E-state index contributed by atoms with van der Waals surface area (Å²) in [6, 6.07) is 14.6. The molecule has 2 aromatic carbocycles. The van der Waals surface area contributed by atoms with Gasteiger partial charge in [-0.1, -0.05) is 12.1 Å². The number of fused-ring (bicyclic) bond motifs is 1. The molecule has 0 aliphatic carbocycles. The number of aryl methyl sites for hydroxylation is 3. The van der Waals surface area contributed by atoms with Crippen LogP contribution in [-0.2, 0) is 10.0 Å². The number of hydrogen-bond acceptors (Lipinski definition) is 4. The molecule has 0 bridgehead atoms. The zero-order valence-corrected chi connectivity index (χ0v) is 18.1. The first kappa shape index (κ1) is 20.0. The Kier molecular flexibility index (Phi) is 4.99. The van der Waals surface area contributed by atoms with Crippen LogP contribution in [0, 0.1) is 20.8 Å². The van der Waals surface area contributed by atoms with Crippen molar-refractivity contribution in [1.82, 2.24) is 9.38 Å². The van der Waals surface area contributed by atoms with E-state index in [0.717, 1.165) is 28.0 Å². The van der Waals surface area contributed by atoms with Crippen molar-refractivity contribution >= 4 is 21.4 Å². The lowest BCUT2D eigenvalue weighted by Gasteiger charge is -2.13. The number of aromatic nitrogens is 2. The number of benzene rings is 2. The lowest BCUT2D eigenvalue weighted by molar-refractivity contribution is 0.411. The van der Waals surface area contributed by atoms with Gasteiger partial charge in [0.1, 0.15) is 11.4 Å². The summed E-state index contributed by atoms with van der Waals surface area (Å²) in [5, 5.41) is 0. The molecule has 0 aliphatic heterocycles. The lowest BCUT2D eigenvalue weighted by Crippen LogP contribution is -2.14. The molecule has 0 radical (unpaired) electrons. The molecule has 0 aliphatic rings. The monoisotopic (exact) mass is 421 g/mol. The van der Waals surface area contributed by atoms with Crippen LogP contribution in [0.5, 0.6) is 5.75 Å². The second-order valence-electron chi connectivity index (χ2n) is 7.37. The minimum absolute atomic E-state index is 0.237. The van der Waals surface area contributed by atoms with Crippen molar-refractivity contribution in [1.29, 1.82) is 0 Å². The second-order valence-corrected chi connectivity index (χ2v) is 9.02. The number of imidazole rings is 1. The van der Waals surface area contributed by atoms with Crippen LogP contribution in [0.15, 0.2) is 65.8 Å². The molecule has 2 heterocycles. The highest BCUT2D eigenvalue weighted by Gasteiger charge is 2.19. The molecule has 4 rings (SSSR count). The molecule has 1 N–H and O–H groups in total. The lowest BCUT2D eigenvalue weighted by atomic mass is 10.1. The van der Waals surface area contributed by atoms with E-state index in [1.165, 1.54) is 0 Å². The molecular weight excluding hydrogens is 398 g/mol. The van der Waals surface area contributed by atoms with Gasteiger partial charge < -0.3 is 9.14 Å². The first-order valence-electron chi connectivity index (χ1n) is 9.51. The van der Waals surface area contributed by atoms with Crippen LogP contribution in [0.1, 0.15) is 16.7 Å². The van der Waals surface area contributed by atoms with Crippen LogP contribution in [0.4, 0.5) is 5.69 Å². The van der Waals surface area contributed by atoms with Crippen LogP contribution < -0.4 is 9.46 Å². The van der Waals surface area contributed by atoms with Crippen molar-refractivity contribution in [3.8, 4) is 17.0 Å². The largest absolute Gasteiger partial charge is 0.496 e. The third kappa shape index (κ3) is 3.76. The SMILES string of the molecule is COc1cc(C)c(S(=O)(=O)Nc2ccc(-c3cn4ccc(C)cc4n3)cc2)cc1C. The number of nitrogens with zero attached hydrogens (tertiary/aromatic N) is 2. The van der Waals surface area contributed by atoms with Gasteiger partial charge in [0.25, 0.3) is 10.0 Å². The fourth-order valence-electron chi connectivity index (χ4n) is 3.41. The van der Waals surface area contributed by atoms with Gasteiger partial charge >= 0.3 is 0 Å². The molecule has 0 fully saturated rings. The van der Waals surface area contributed by atoms with E-state index in [1.54, 1.807) is 38.3 Å². The predicted molar refractivity (Wildman–Crippen MR) is 119 cm³/mol. The number of ether oxygens (including phenoxy) is 1. The zero-order valence-electron chi connectivity index (χ0n) is 17.3. The summed E-state index contributed by atoms with van der Waals surface area (Å²) in [7, 11) is -2.15. The summed E-state index contributed by atoms with van der Waals surface area (Å²) in [6.45, 7) is 5.61. The van der Waals surface area contributed by atoms with Crippen molar-refractivity contribution in [3.63, 3.8) is 0 Å². The summed E-state index contributed by atoms with van der Waals surface area (Å²) < 4.78 is 35.7. The summed E-state index contributed by atoms with van der Waals surface area (Å²) in [5.41, 5.74) is 5.65. The van der Waals surface area contributed by atoms with Crippen molar-refractivity contribution < 1.29 is 13.2 Å². The Balaban J connectivity index is 1.60. The highest BCUT2D eigenvalue weighted by Crippen LogP contribution is 2.28. The molecule has 4 aromatic rings. The Bertz CT molecular complexity index is 1340. The Morgan fingerprint density at radius 3 is 2.40 bits per heavy atom. The average Bonchev–Trinajstić information content (AvgIpc) is 3.12. The highest BCUT2D eigenvalue weighted by atomic mass is 32.2. The minimum Gasteiger partial charge on any atom is -0.496 e. The quantitative estimate of drug-likeness (QED) is 0.505. The molecule has 154 valence electrons. The van der Waals surface area contributed by atoms with Crippen LogP contribution in [0.2, 0.25) is 0 Å². The maximum atomic E-state index is 12.9. The average molecular weight is 422 g/mol. The van der Waals surface area contributed by atoms with Crippen LogP contribution in [0.3, 0.4) is 0 Å². The standard InChI is InChI=1S/C23H23N3O3S/c1-15-9-10-26-14-20(24-23(26)11-15)18-5-7-19(8-6-18)25-30(27,28)22-13-16(2)21(29-4)12-17(22)3/h5-14,25H,1-4H3. The number of rotatable bonds is 5. The van der Waals surface area contributed by atoms with Crippen molar-refractivity contribution in [2.45, 2.75) is 25.7 Å². The fourth-order valence-corrected chi connectivity index (χ4v) is 4.79. The van der Waals surface area contributed by atoms with Gasteiger partial charge in [-0.15, -0.1) is 0 Å². The first-order valence-corrected chi connectivity index (χ1v) is 11.0. The van der Waals surface area contributed by atoms with Gasteiger partial charge in [0.2, 0.25) is 0 Å². The van der Waals surface area contributed by atoms with Crippen LogP contribution in [-0.4, -0.2) is 24.9 Å². The van der Waals surface area contributed by atoms with Gasteiger partial charge in [-0.2, -0.15) is 0 Å². The maximum Gasteiger partial charge on any atom is 0.262 e. The minimum atomic E-state index is -3.72. The highest BCUT2D eigenvalue weighted by molar-refractivity contribution is 7.92. The zero-order chi connectivity index (χ0) is 21.5. The second kappa shape index (κ2) is 7.50. The van der Waals surface area contributed by atoms with E-state index in [9.17, 15) is 8.42 Å². The number of sulfonamides is 1. The van der Waals surface area contributed by atoms with Crippen molar-refractivity contribution in [2.75, 3.05) is 11.8 Å². The first-order chi connectivity index (χ1) is 14.3. The number of hydrogen-bond donors (Lipinski definition) is 1. The molecule has 7 heteroatoms. The van der Waals surface area contributed by atoms with E-state index >= 15 is 0 Å². The van der Waals surface area contributed by atoms with Gasteiger partial charge in [-0.25, -0.2) is 13.4 Å². The molecule has 30 heavy (non-hydrogen) atoms. The third-order valence-electron chi connectivity index (χ3n) is 5.03. The van der Waals surface area contributed by atoms with E-state index in [1.807, 2.05) is 54.9 Å². The topological polar surface area (TPSA) is 72.7 Å². The molecule has 0 saturated carbocycles. The van der Waals surface area contributed by atoms with Crippen LogP contribution >= 0.6 is 0 Å². The molecule has 0 amide bonds. The van der Waals surface area contributed by atoms with Gasteiger partial charge in [0.05, 0.1) is 17.7 Å². The summed E-state index contributed by atoms with van der Waals surface area (Å²) in [4.78, 5) is 4.88. The number of pyridine rings is 1. The normalized spacial score (nSPS) is 11.6. The molecular formula is C23H23N3O3S. The van der Waals surface area contributed by atoms with Crippen LogP contribution in [0.25, 0.3) is 16.9 Å². The molecule has 0 spiro atoms. The number of anilines is 1. The molecule has 0 atom stereocenters. The molecule has 2 aromatic heterocycles. The fraction of sp³-hybridized carbons (Fsp3) is 0.174. The van der Waals surface area contributed by atoms with Gasteiger partial charge in [-0.05, 0) is 73.9 Å². The molecule has 0 unspecified atom stereocenters. The molecule has 6 nitrogen and oxygen atoms in total. The van der Waals surface area contributed by atoms with E-state index in [4.69, 9.17) is 4.74 Å². The van der Waals surface area contributed by atoms with Gasteiger partial charge in [-0.3, -0.25) is 4.72 Å². The Labute approximate surface area is 176 Å². The van der Waals surface area contributed by atoms with E-state index in [0.29, 0.717) is 17.0 Å². The van der Waals surface area contributed by atoms with E-state index < -0.39 is 10.0 Å². The number of methoxy groups -OCH3 is 1. The Hall–Kier alpha value is -3.32. The summed E-state index contributed by atoms with van der Waals surface area (Å²) in [5.74, 6) is 0.665. The van der Waals surface area contributed by atoms with E-state index in [2.05, 4.69) is 9.71 Å². The number of nitrogens with one attached hydrogen (secondary N) is 1. The predicted octanol–water partition coefficient (Wildman–Crippen LogP) is 4.74.